The minimum absolute atomic E-state index is 0.178. The lowest BCUT2D eigenvalue weighted by atomic mass is 10.1. The molecule has 0 aliphatic rings. The van der Waals surface area contributed by atoms with Crippen molar-refractivity contribution in [1.82, 2.24) is 14.9 Å². The minimum atomic E-state index is -0.877. The molecule has 4 aromatic rings. The summed E-state index contributed by atoms with van der Waals surface area (Å²) in [7, 11) is 0. The van der Waals surface area contributed by atoms with Gasteiger partial charge in [0.2, 0.25) is 0 Å². The van der Waals surface area contributed by atoms with Gasteiger partial charge in [-0.25, -0.2) is 13.8 Å². The van der Waals surface area contributed by atoms with Crippen LogP contribution in [-0.2, 0) is 13.1 Å². The third kappa shape index (κ3) is 3.76. The second-order valence-corrected chi connectivity index (χ2v) is 6.49. The van der Waals surface area contributed by atoms with Gasteiger partial charge in [-0.15, -0.1) is 0 Å². The van der Waals surface area contributed by atoms with E-state index in [0.717, 1.165) is 34.3 Å². The van der Waals surface area contributed by atoms with E-state index in [2.05, 4.69) is 14.9 Å². The van der Waals surface area contributed by atoms with Crippen molar-refractivity contribution < 1.29 is 13.6 Å². The second kappa shape index (κ2) is 7.60. The fourth-order valence-corrected chi connectivity index (χ4v) is 3.12. The third-order valence-corrected chi connectivity index (χ3v) is 4.50. The van der Waals surface area contributed by atoms with Gasteiger partial charge >= 0.3 is 0 Å². The number of nitrogens with zero attached hydrogens (tertiary/aromatic N) is 2. The molecular weight excluding hydrogens is 360 g/mol. The van der Waals surface area contributed by atoms with Crippen molar-refractivity contribution in [3.05, 3.63) is 101 Å². The predicted octanol–water partition coefficient (Wildman–Crippen LogP) is 4.29. The molecule has 0 atom stereocenters. The first-order valence-electron chi connectivity index (χ1n) is 8.81. The molecule has 0 bridgehead atoms. The lowest BCUT2D eigenvalue weighted by Gasteiger charge is -2.09. The third-order valence-electron chi connectivity index (χ3n) is 4.50. The molecule has 140 valence electrons. The normalized spacial score (nSPS) is 10.9. The molecule has 1 heterocycles. The maximum absolute atomic E-state index is 13.7. The highest BCUT2D eigenvalue weighted by Gasteiger charge is 2.12. The van der Waals surface area contributed by atoms with E-state index in [1.54, 1.807) is 6.33 Å². The van der Waals surface area contributed by atoms with Crippen LogP contribution in [0.25, 0.3) is 11.0 Å². The highest BCUT2D eigenvalue weighted by Crippen LogP contribution is 2.15. The number of rotatable bonds is 5. The van der Waals surface area contributed by atoms with Crippen LogP contribution < -0.4 is 5.32 Å². The zero-order valence-electron chi connectivity index (χ0n) is 14.9. The van der Waals surface area contributed by atoms with Crippen LogP contribution >= 0.6 is 0 Å². The Bertz CT molecular complexity index is 1150. The molecule has 0 spiro atoms. The first-order valence-corrected chi connectivity index (χ1v) is 8.81. The van der Waals surface area contributed by atoms with Gasteiger partial charge in [0.25, 0.3) is 5.91 Å². The van der Waals surface area contributed by atoms with Crippen molar-refractivity contribution in [1.29, 1.82) is 0 Å². The van der Waals surface area contributed by atoms with Crippen molar-refractivity contribution in [2.24, 2.45) is 0 Å². The maximum atomic E-state index is 13.7. The molecule has 3 aromatic carbocycles. The number of hydrogen-bond donors (Lipinski definition) is 1. The summed E-state index contributed by atoms with van der Waals surface area (Å²) in [6, 6.07) is 18.6. The number of carbonyl (C=O) groups excluding carboxylic acids is 1. The van der Waals surface area contributed by atoms with Crippen molar-refractivity contribution in [2.75, 3.05) is 0 Å². The van der Waals surface area contributed by atoms with Crippen molar-refractivity contribution in [3.63, 3.8) is 0 Å². The van der Waals surface area contributed by atoms with E-state index in [0.29, 0.717) is 12.6 Å². The SMILES string of the molecule is O=C(NCc1cccc(Cn2cnc3ccccc32)c1)c1ccc(F)cc1F. The molecular formula is C22H17F2N3O. The molecule has 0 radical (unpaired) electrons. The Labute approximate surface area is 160 Å². The Morgan fingerprint density at radius 3 is 2.64 bits per heavy atom. The highest BCUT2D eigenvalue weighted by molar-refractivity contribution is 5.94. The number of benzene rings is 3. The zero-order chi connectivity index (χ0) is 19.5. The Hall–Kier alpha value is -3.54. The van der Waals surface area contributed by atoms with Gasteiger partial charge in [0.15, 0.2) is 0 Å². The Kier molecular flexibility index (Phi) is 4.85. The number of fused-ring (bicyclic) bond motifs is 1. The van der Waals surface area contributed by atoms with Gasteiger partial charge in [0.05, 0.1) is 22.9 Å². The van der Waals surface area contributed by atoms with E-state index in [1.165, 1.54) is 0 Å². The first kappa shape index (κ1) is 17.9. The molecule has 0 saturated heterocycles. The summed E-state index contributed by atoms with van der Waals surface area (Å²) < 4.78 is 28.8. The molecule has 1 N–H and O–H groups in total. The fourth-order valence-electron chi connectivity index (χ4n) is 3.12. The number of nitrogens with one attached hydrogen (secondary N) is 1. The van der Waals surface area contributed by atoms with Crippen LogP contribution in [0.15, 0.2) is 73.1 Å². The summed E-state index contributed by atoms with van der Waals surface area (Å²) in [5.74, 6) is -2.17. The predicted molar refractivity (Wildman–Crippen MR) is 103 cm³/mol. The summed E-state index contributed by atoms with van der Waals surface area (Å²) in [6.07, 6.45) is 1.80. The molecule has 0 fully saturated rings. The van der Waals surface area contributed by atoms with E-state index in [1.807, 2.05) is 48.5 Å². The summed E-state index contributed by atoms with van der Waals surface area (Å²) in [5, 5.41) is 2.67. The molecule has 1 amide bonds. The molecule has 1 aromatic heterocycles. The summed E-state index contributed by atoms with van der Waals surface area (Å²) in [4.78, 5) is 16.5. The van der Waals surface area contributed by atoms with E-state index in [-0.39, 0.29) is 12.1 Å². The molecule has 4 nitrogen and oxygen atoms in total. The fraction of sp³-hybridized carbons (Fsp3) is 0.0909. The molecule has 0 saturated carbocycles. The van der Waals surface area contributed by atoms with Gasteiger partial charge in [0, 0.05) is 19.2 Å². The van der Waals surface area contributed by atoms with Crippen LogP contribution in [-0.4, -0.2) is 15.5 Å². The van der Waals surface area contributed by atoms with Crippen molar-refractivity contribution in [3.8, 4) is 0 Å². The highest BCUT2D eigenvalue weighted by atomic mass is 19.1. The van der Waals surface area contributed by atoms with Crippen LogP contribution in [0.3, 0.4) is 0 Å². The van der Waals surface area contributed by atoms with Gasteiger partial charge in [-0.3, -0.25) is 4.79 Å². The number of para-hydroxylation sites is 2. The van der Waals surface area contributed by atoms with Crippen LogP contribution in [0.4, 0.5) is 8.78 Å². The molecule has 0 unspecified atom stereocenters. The first-order chi connectivity index (χ1) is 13.6. The van der Waals surface area contributed by atoms with Gasteiger partial charge in [-0.05, 0) is 35.4 Å². The molecule has 0 aliphatic carbocycles. The number of hydrogen-bond acceptors (Lipinski definition) is 2. The standard InChI is InChI=1S/C22H17F2N3O/c23-17-8-9-18(19(24)11-17)22(28)25-12-15-4-3-5-16(10-15)13-27-14-26-20-6-1-2-7-21(20)27/h1-11,14H,12-13H2,(H,25,28). The summed E-state index contributed by atoms with van der Waals surface area (Å²) in [5.41, 5.74) is 3.75. The smallest absolute Gasteiger partial charge is 0.254 e. The van der Waals surface area contributed by atoms with Gasteiger partial charge < -0.3 is 9.88 Å². The van der Waals surface area contributed by atoms with Crippen molar-refractivity contribution >= 4 is 16.9 Å². The van der Waals surface area contributed by atoms with Crippen LogP contribution in [0.5, 0.6) is 0 Å². The summed E-state index contributed by atoms with van der Waals surface area (Å²) in [6.45, 7) is 0.892. The molecule has 28 heavy (non-hydrogen) atoms. The maximum Gasteiger partial charge on any atom is 0.254 e. The monoisotopic (exact) mass is 377 g/mol. The summed E-state index contributed by atoms with van der Waals surface area (Å²) >= 11 is 0. The van der Waals surface area contributed by atoms with Gasteiger partial charge in [-0.2, -0.15) is 0 Å². The topological polar surface area (TPSA) is 46.9 Å². The largest absolute Gasteiger partial charge is 0.348 e. The van der Waals surface area contributed by atoms with E-state index in [4.69, 9.17) is 0 Å². The number of imidazole rings is 1. The van der Waals surface area contributed by atoms with Crippen molar-refractivity contribution in [2.45, 2.75) is 13.1 Å². The molecule has 6 heteroatoms. The lowest BCUT2D eigenvalue weighted by molar-refractivity contribution is 0.0947. The lowest BCUT2D eigenvalue weighted by Crippen LogP contribution is -2.24. The van der Waals surface area contributed by atoms with E-state index >= 15 is 0 Å². The Morgan fingerprint density at radius 2 is 1.79 bits per heavy atom. The zero-order valence-corrected chi connectivity index (χ0v) is 14.9. The molecule has 4 rings (SSSR count). The number of amides is 1. The average molecular weight is 377 g/mol. The number of halogens is 2. The Morgan fingerprint density at radius 1 is 0.964 bits per heavy atom. The minimum Gasteiger partial charge on any atom is -0.348 e. The van der Waals surface area contributed by atoms with Gasteiger partial charge in [-0.1, -0.05) is 36.4 Å². The Balaban J connectivity index is 1.46. The second-order valence-electron chi connectivity index (χ2n) is 6.49. The number of carbonyl (C=O) groups is 1. The quantitative estimate of drug-likeness (QED) is 0.564. The average Bonchev–Trinajstić information content (AvgIpc) is 3.09. The number of aromatic nitrogens is 2. The van der Waals surface area contributed by atoms with Crippen LogP contribution in [0.2, 0.25) is 0 Å². The van der Waals surface area contributed by atoms with E-state index < -0.39 is 17.5 Å². The van der Waals surface area contributed by atoms with Crippen LogP contribution in [0, 0.1) is 11.6 Å². The van der Waals surface area contributed by atoms with E-state index in [9.17, 15) is 13.6 Å². The van der Waals surface area contributed by atoms with Crippen LogP contribution in [0.1, 0.15) is 21.5 Å². The van der Waals surface area contributed by atoms with Gasteiger partial charge in [0.1, 0.15) is 11.6 Å². The molecule has 0 aliphatic heterocycles.